The highest BCUT2D eigenvalue weighted by molar-refractivity contribution is 5.85. The smallest absolute Gasteiger partial charge is 0.306 e. The summed E-state index contributed by atoms with van der Waals surface area (Å²) in [6, 6.07) is 0. The van der Waals surface area contributed by atoms with Crippen molar-refractivity contribution in [3.8, 4) is 0 Å². The Morgan fingerprint density at radius 1 is 1.05 bits per heavy atom. The molecule has 0 fully saturated rings. The van der Waals surface area contributed by atoms with Crippen LogP contribution in [0.5, 0.6) is 0 Å². The van der Waals surface area contributed by atoms with Crippen molar-refractivity contribution in [2.75, 3.05) is 6.54 Å². The topological polar surface area (TPSA) is 52.3 Å². The third-order valence-electron chi connectivity index (χ3n) is 3.13. The van der Waals surface area contributed by atoms with E-state index in [2.05, 4.69) is 6.92 Å². The molecule has 1 unspecified atom stereocenters. The van der Waals surface area contributed by atoms with Crippen LogP contribution in [0.15, 0.2) is 0 Å². The van der Waals surface area contributed by atoms with Gasteiger partial charge in [0.2, 0.25) is 0 Å². The summed E-state index contributed by atoms with van der Waals surface area (Å²) in [5, 5.41) is 0. The second-order valence-corrected chi connectivity index (χ2v) is 5.10. The molecule has 0 spiro atoms. The van der Waals surface area contributed by atoms with Gasteiger partial charge in [0, 0.05) is 6.42 Å². The van der Waals surface area contributed by atoms with E-state index in [-0.39, 0.29) is 24.5 Å². The number of hydrogen-bond donors (Lipinski definition) is 1. The van der Waals surface area contributed by atoms with E-state index in [1.807, 2.05) is 6.92 Å². The Bertz CT molecular complexity index is 201. The van der Waals surface area contributed by atoms with E-state index in [0.717, 1.165) is 25.7 Å². The van der Waals surface area contributed by atoms with E-state index in [4.69, 9.17) is 10.5 Å². The van der Waals surface area contributed by atoms with Gasteiger partial charge >= 0.3 is 5.97 Å². The Morgan fingerprint density at radius 3 is 2.32 bits per heavy atom. The van der Waals surface area contributed by atoms with Gasteiger partial charge in [0.25, 0.3) is 0 Å². The predicted molar refractivity (Wildman–Crippen MR) is 83.7 cm³/mol. The average Bonchev–Trinajstić information content (AvgIpc) is 2.34. The Labute approximate surface area is 125 Å². The normalized spacial score (nSPS) is 11.7. The van der Waals surface area contributed by atoms with Crippen molar-refractivity contribution in [1.82, 2.24) is 0 Å². The van der Waals surface area contributed by atoms with Gasteiger partial charge in [-0.1, -0.05) is 39.0 Å². The summed E-state index contributed by atoms with van der Waals surface area (Å²) < 4.78 is 5.37. The van der Waals surface area contributed by atoms with Gasteiger partial charge in [-0.05, 0) is 39.2 Å². The second-order valence-electron chi connectivity index (χ2n) is 5.10. The van der Waals surface area contributed by atoms with Gasteiger partial charge in [-0.3, -0.25) is 4.79 Å². The van der Waals surface area contributed by atoms with Crippen LogP contribution >= 0.6 is 12.4 Å². The van der Waals surface area contributed by atoms with E-state index in [1.165, 1.54) is 32.1 Å². The van der Waals surface area contributed by atoms with Crippen LogP contribution in [-0.4, -0.2) is 18.6 Å². The van der Waals surface area contributed by atoms with E-state index >= 15 is 0 Å². The first kappa shape index (κ1) is 21.0. The summed E-state index contributed by atoms with van der Waals surface area (Å²) in [7, 11) is 0. The fourth-order valence-electron chi connectivity index (χ4n) is 1.97. The maximum absolute atomic E-state index is 11.5. The van der Waals surface area contributed by atoms with Gasteiger partial charge in [0.05, 0.1) is 6.10 Å². The molecule has 0 aromatic rings. The molecule has 0 heterocycles. The Morgan fingerprint density at radius 2 is 1.68 bits per heavy atom. The quantitative estimate of drug-likeness (QED) is 0.433. The third-order valence-corrected chi connectivity index (χ3v) is 3.13. The minimum atomic E-state index is -0.0481. The number of halogens is 1. The van der Waals surface area contributed by atoms with Crippen molar-refractivity contribution in [2.45, 2.75) is 84.2 Å². The highest BCUT2D eigenvalue weighted by Crippen LogP contribution is 2.10. The van der Waals surface area contributed by atoms with Gasteiger partial charge in [-0.25, -0.2) is 0 Å². The van der Waals surface area contributed by atoms with Crippen molar-refractivity contribution in [3.63, 3.8) is 0 Å². The van der Waals surface area contributed by atoms with E-state index < -0.39 is 0 Å². The van der Waals surface area contributed by atoms with Gasteiger partial charge < -0.3 is 10.5 Å². The Balaban J connectivity index is 0. The summed E-state index contributed by atoms with van der Waals surface area (Å²) in [4.78, 5) is 11.5. The maximum Gasteiger partial charge on any atom is 0.306 e. The van der Waals surface area contributed by atoms with E-state index in [9.17, 15) is 4.79 Å². The molecular formula is C15H32ClNO2. The molecule has 0 aliphatic rings. The SMILES string of the molecule is CCCCCCCC(C)OC(=O)CCCCCN.Cl. The highest BCUT2D eigenvalue weighted by Gasteiger charge is 2.08. The molecular weight excluding hydrogens is 262 g/mol. The lowest BCUT2D eigenvalue weighted by atomic mass is 10.1. The number of unbranched alkanes of at least 4 members (excludes halogenated alkanes) is 6. The minimum absolute atomic E-state index is 0. The molecule has 0 radical (unpaired) electrons. The molecule has 116 valence electrons. The fraction of sp³-hybridized carbons (Fsp3) is 0.933. The van der Waals surface area contributed by atoms with Crippen LogP contribution in [0.2, 0.25) is 0 Å². The molecule has 1 atom stereocenters. The summed E-state index contributed by atoms with van der Waals surface area (Å²) >= 11 is 0. The molecule has 0 rings (SSSR count). The number of ether oxygens (including phenoxy) is 1. The first-order valence-corrected chi connectivity index (χ1v) is 7.60. The number of rotatable bonds is 12. The number of nitrogens with two attached hydrogens (primary N) is 1. The molecule has 0 aromatic heterocycles. The van der Waals surface area contributed by atoms with Crippen LogP contribution in [0.4, 0.5) is 0 Å². The van der Waals surface area contributed by atoms with Crippen molar-refractivity contribution >= 4 is 18.4 Å². The number of hydrogen-bond acceptors (Lipinski definition) is 3. The standard InChI is InChI=1S/C15H31NO2.ClH/c1-3-4-5-6-8-11-14(2)18-15(17)12-9-7-10-13-16;/h14H,3-13,16H2,1-2H3;1H. The van der Waals surface area contributed by atoms with Gasteiger partial charge in [0.1, 0.15) is 0 Å². The third kappa shape index (κ3) is 15.7. The molecule has 0 aliphatic carbocycles. The lowest BCUT2D eigenvalue weighted by Crippen LogP contribution is -2.14. The van der Waals surface area contributed by atoms with Gasteiger partial charge in [-0.2, -0.15) is 0 Å². The summed E-state index contributed by atoms with van der Waals surface area (Å²) in [5.41, 5.74) is 5.40. The first-order chi connectivity index (χ1) is 8.70. The molecule has 0 bridgehead atoms. The van der Waals surface area contributed by atoms with Gasteiger partial charge in [0.15, 0.2) is 0 Å². The zero-order valence-corrected chi connectivity index (χ0v) is 13.5. The van der Waals surface area contributed by atoms with Crippen molar-refractivity contribution < 1.29 is 9.53 Å². The van der Waals surface area contributed by atoms with Crippen LogP contribution in [-0.2, 0) is 9.53 Å². The number of esters is 1. The number of carbonyl (C=O) groups excluding carboxylic acids is 1. The molecule has 0 amide bonds. The largest absolute Gasteiger partial charge is 0.463 e. The fourth-order valence-corrected chi connectivity index (χ4v) is 1.97. The summed E-state index contributed by atoms with van der Waals surface area (Å²) in [6.07, 6.45) is 10.9. The van der Waals surface area contributed by atoms with Crippen molar-refractivity contribution in [3.05, 3.63) is 0 Å². The second kappa shape index (κ2) is 15.8. The Hall–Kier alpha value is -0.280. The van der Waals surface area contributed by atoms with Crippen LogP contribution in [0.25, 0.3) is 0 Å². The minimum Gasteiger partial charge on any atom is -0.463 e. The van der Waals surface area contributed by atoms with Crippen molar-refractivity contribution in [2.24, 2.45) is 5.73 Å². The lowest BCUT2D eigenvalue weighted by molar-refractivity contribution is -0.148. The highest BCUT2D eigenvalue weighted by atomic mass is 35.5. The van der Waals surface area contributed by atoms with E-state index in [1.54, 1.807) is 0 Å². The molecule has 0 aromatic carbocycles. The summed E-state index contributed by atoms with van der Waals surface area (Å²) in [5.74, 6) is -0.0481. The average molecular weight is 294 g/mol. The summed E-state index contributed by atoms with van der Waals surface area (Å²) in [6.45, 7) is 4.93. The van der Waals surface area contributed by atoms with Crippen LogP contribution < -0.4 is 5.73 Å². The lowest BCUT2D eigenvalue weighted by Gasteiger charge is -2.13. The molecule has 19 heavy (non-hydrogen) atoms. The molecule has 0 saturated heterocycles. The Kier molecular flexibility index (Phi) is 17.5. The zero-order chi connectivity index (χ0) is 13.6. The van der Waals surface area contributed by atoms with Crippen LogP contribution in [0.3, 0.4) is 0 Å². The number of carbonyl (C=O) groups is 1. The molecule has 2 N–H and O–H groups in total. The molecule has 3 nitrogen and oxygen atoms in total. The van der Waals surface area contributed by atoms with Crippen LogP contribution in [0, 0.1) is 0 Å². The van der Waals surface area contributed by atoms with Crippen LogP contribution in [0.1, 0.15) is 78.1 Å². The van der Waals surface area contributed by atoms with Gasteiger partial charge in [-0.15, -0.1) is 12.4 Å². The molecule has 0 aliphatic heterocycles. The molecule has 0 saturated carbocycles. The zero-order valence-electron chi connectivity index (χ0n) is 12.7. The van der Waals surface area contributed by atoms with Crippen molar-refractivity contribution in [1.29, 1.82) is 0 Å². The van der Waals surface area contributed by atoms with E-state index in [0.29, 0.717) is 13.0 Å². The first-order valence-electron chi connectivity index (χ1n) is 7.60. The predicted octanol–water partition coefficient (Wildman–Crippen LogP) is 4.22. The maximum atomic E-state index is 11.5. The molecule has 4 heteroatoms. The monoisotopic (exact) mass is 293 g/mol.